The molecule has 9 aromatic carbocycles. The third-order valence-electron chi connectivity index (χ3n) is 13.8. The Balaban J connectivity index is 1.23. The first-order valence-corrected chi connectivity index (χ1v) is 23.4. The lowest BCUT2D eigenvalue weighted by atomic mass is 9.92. The van der Waals surface area contributed by atoms with E-state index in [1.807, 2.05) is 57.7 Å². The molecule has 366 valence electrons. The smallest absolute Gasteiger partial charge is 0.309 e. The van der Waals surface area contributed by atoms with Crippen LogP contribution in [0.1, 0.15) is 50.1 Å². The molecule has 11 aromatic rings. The molecule has 0 aliphatic heterocycles. The first kappa shape index (κ1) is 48.8. The predicted octanol–water partition coefficient (Wildman–Crippen LogP) is 15.7. The van der Waals surface area contributed by atoms with Crippen molar-refractivity contribution in [1.82, 2.24) is 9.13 Å². The van der Waals surface area contributed by atoms with Crippen LogP contribution in [-0.4, -0.2) is 9.13 Å². The number of nitrogens with zero attached hydrogens (tertiary/aromatic N) is 9. The van der Waals surface area contributed by atoms with Gasteiger partial charge in [-0.3, -0.25) is 0 Å². The molecule has 0 saturated heterocycles. The van der Waals surface area contributed by atoms with E-state index in [1.165, 1.54) is 36.4 Å². The normalized spacial score (nSPS) is 11.4. The van der Waals surface area contributed by atoms with E-state index in [9.17, 15) is 63.2 Å². The number of hydrogen-bond donors (Lipinski definition) is 0. The Kier molecular flexibility index (Phi) is 11.6. The van der Waals surface area contributed by atoms with Crippen molar-refractivity contribution in [2.24, 2.45) is 0 Å². The molecule has 0 aliphatic rings. The fourth-order valence-corrected chi connectivity index (χ4v) is 10.4. The summed E-state index contributed by atoms with van der Waals surface area (Å²) in [5, 5.41) is 73.4. The summed E-state index contributed by atoms with van der Waals surface area (Å²) >= 11 is 0. The van der Waals surface area contributed by atoms with Crippen LogP contribution in [0.15, 0.2) is 164 Å². The zero-order valence-electron chi connectivity index (χ0n) is 39.9. The summed E-state index contributed by atoms with van der Waals surface area (Å²) in [6.45, 7) is 0. The number of fused-ring (bicyclic) bond motifs is 6. The van der Waals surface area contributed by atoms with Crippen LogP contribution >= 0.6 is 0 Å². The topological polar surface area (TPSA) is 176 Å². The average molecular weight is 1020 g/mol. The maximum atomic E-state index is 14.5. The fraction of sp³-hybridized carbons (Fsp3) is 0.0317. The van der Waals surface area contributed by atoms with E-state index >= 15 is 0 Å². The zero-order valence-corrected chi connectivity index (χ0v) is 39.9. The molecule has 0 aliphatic carbocycles. The molecule has 11 rings (SSSR count). The van der Waals surface area contributed by atoms with Crippen molar-refractivity contribution >= 4 is 43.6 Å². The molecule has 2 heterocycles. The van der Waals surface area contributed by atoms with Crippen LogP contribution in [0, 0.1) is 79.3 Å². The van der Waals surface area contributed by atoms with Crippen molar-refractivity contribution in [3.63, 3.8) is 0 Å². The van der Waals surface area contributed by atoms with E-state index in [-0.39, 0.29) is 61.7 Å². The van der Waals surface area contributed by atoms with Crippen LogP contribution in [-0.2, 0) is 12.4 Å². The average Bonchev–Trinajstić information content (AvgIpc) is 4.20. The molecule has 0 atom stereocenters. The SMILES string of the molecule is N#Cc1cc(C#N)c(-c2ccc3c(c2)c2ccccc2n3-c2cc(C#N)ccc2-c2ccc(-c3cc(C(F)(F)F)cc(C(F)(F)F)c3)cc2-n2c3ccccc3c3cc(-c4c(C#N)cc(C#N)cc4C#N)ccc32)c(C#N)c1. The van der Waals surface area contributed by atoms with Crippen LogP contribution in [0.2, 0.25) is 0 Å². The van der Waals surface area contributed by atoms with Gasteiger partial charge in [0.15, 0.2) is 0 Å². The van der Waals surface area contributed by atoms with Gasteiger partial charge in [0.1, 0.15) is 0 Å². The minimum atomic E-state index is -5.15. The number of benzene rings is 9. The molecule has 0 fully saturated rings. The van der Waals surface area contributed by atoms with Crippen molar-refractivity contribution < 1.29 is 26.3 Å². The van der Waals surface area contributed by atoms with Crippen molar-refractivity contribution in [2.75, 3.05) is 0 Å². The maximum absolute atomic E-state index is 14.5. The summed E-state index contributed by atoms with van der Waals surface area (Å²) in [6.07, 6.45) is -10.3. The highest BCUT2D eigenvalue weighted by Gasteiger charge is 2.37. The van der Waals surface area contributed by atoms with Crippen LogP contribution in [0.4, 0.5) is 26.3 Å². The lowest BCUT2D eigenvalue weighted by molar-refractivity contribution is -0.143. The molecular formula is C63H27F6N9. The summed E-state index contributed by atoms with van der Waals surface area (Å²) in [4.78, 5) is 0. The highest BCUT2D eigenvalue weighted by atomic mass is 19.4. The highest BCUT2D eigenvalue weighted by Crippen LogP contribution is 2.46. The fourth-order valence-electron chi connectivity index (χ4n) is 10.4. The summed E-state index contributed by atoms with van der Waals surface area (Å²) in [5.41, 5.74) is 3.05. The zero-order chi connectivity index (χ0) is 54.8. The highest BCUT2D eigenvalue weighted by molar-refractivity contribution is 6.13. The molecule has 15 heteroatoms. The minimum absolute atomic E-state index is 0.00123. The van der Waals surface area contributed by atoms with Crippen molar-refractivity contribution in [3.05, 3.63) is 214 Å². The Morgan fingerprint density at radius 3 is 1.10 bits per heavy atom. The van der Waals surface area contributed by atoms with Gasteiger partial charge in [0.2, 0.25) is 0 Å². The number of halogens is 6. The number of aromatic nitrogens is 2. The number of para-hydroxylation sites is 2. The third kappa shape index (κ3) is 8.01. The summed E-state index contributed by atoms with van der Waals surface area (Å²) in [5.74, 6) is 0. The minimum Gasteiger partial charge on any atom is -0.309 e. The van der Waals surface area contributed by atoms with Crippen molar-refractivity contribution in [3.8, 4) is 98.4 Å². The van der Waals surface area contributed by atoms with Gasteiger partial charge in [-0.2, -0.15) is 63.2 Å². The van der Waals surface area contributed by atoms with E-state index in [0.29, 0.717) is 89.6 Å². The quantitative estimate of drug-likeness (QED) is 0.149. The molecule has 78 heavy (non-hydrogen) atoms. The van der Waals surface area contributed by atoms with E-state index in [0.717, 1.165) is 5.39 Å². The maximum Gasteiger partial charge on any atom is 0.416 e. The largest absolute Gasteiger partial charge is 0.416 e. The summed E-state index contributed by atoms with van der Waals surface area (Å²) in [7, 11) is 0. The second-order valence-corrected chi connectivity index (χ2v) is 18.1. The predicted molar refractivity (Wildman–Crippen MR) is 280 cm³/mol. The van der Waals surface area contributed by atoms with Gasteiger partial charge in [-0.25, -0.2) is 0 Å². The van der Waals surface area contributed by atoms with Crippen LogP contribution in [0.25, 0.3) is 99.5 Å². The van der Waals surface area contributed by atoms with Gasteiger partial charge < -0.3 is 9.13 Å². The van der Waals surface area contributed by atoms with Gasteiger partial charge in [0, 0.05) is 43.8 Å². The summed E-state index contributed by atoms with van der Waals surface area (Å²) in [6, 6.07) is 56.3. The van der Waals surface area contributed by atoms with Gasteiger partial charge in [0.25, 0.3) is 0 Å². The Hall–Kier alpha value is -11.4. The first-order valence-electron chi connectivity index (χ1n) is 23.4. The van der Waals surface area contributed by atoms with Crippen LogP contribution in [0.5, 0.6) is 0 Å². The molecule has 9 nitrogen and oxygen atoms in total. The molecule has 0 bridgehead atoms. The Labute approximate surface area is 438 Å². The number of rotatable bonds is 6. The lowest BCUT2D eigenvalue weighted by Gasteiger charge is -2.21. The second-order valence-electron chi connectivity index (χ2n) is 18.1. The number of alkyl halides is 6. The van der Waals surface area contributed by atoms with E-state index < -0.39 is 23.5 Å². The number of hydrogen-bond acceptors (Lipinski definition) is 7. The molecule has 0 amide bonds. The van der Waals surface area contributed by atoms with Crippen molar-refractivity contribution in [1.29, 1.82) is 36.8 Å². The van der Waals surface area contributed by atoms with Crippen LogP contribution in [0.3, 0.4) is 0 Å². The second kappa shape index (κ2) is 18.5. The molecule has 2 aromatic heterocycles. The molecule has 0 saturated carbocycles. The lowest BCUT2D eigenvalue weighted by Crippen LogP contribution is -2.11. The van der Waals surface area contributed by atoms with E-state index in [2.05, 4.69) is 30.3 Å². The Morgan fingerprint density at radius 2 is 0.692 bits per heavy atom. The Bertz CT molecular complexity index is 4650. The molecule has 0 N–H and O–H groups in total. The number of nitriles is 7. The van der Waals surface area contributed by atoms with Gasteiger partial charge in [-0.15, -0.1) is 0 Å². The monoisotopic (exact) mass is 1020 g/mol. The van der Waals surface area contributed by atoms with Gasteiger partial charge in [0.05, 0.1) is 126 Å². The molecule has 0 unspecified atom stereocenters. The molecule has 0 radical (unpaired) electrons. The Morgan fingerprint density at radius 1 is 0.308 bits per heavy atom. The summed E-state index contributed by atoms with van der Waals surface area (Å²) < 4.78 is 90.5. The van der Waals surface area contributed by atoms with Gasteiger partial charge in [-0.1, -0.05) is 66.7 Å². The third-order valence-corrected chi connectivity index (χ3v) is 13.8. The standard InChI is InChI=1S/C63H27F6N9/c64-62(65,66)46-22-41(23-47(27-46)63(67,68)69)38-10-14-51(59(26-38)78-55-8-4-2-6-49(55)53-25-40(12-16-57(53)78)61-44(33-75)19-37(30-72)20-45(61)34-76)50-13-9-35(28-70)21-58(50)77-54-7-3-1-5-48(54)52-24-39(11-15-56(52)77)60-42(31-73)17-36(29-71)18-43(60)32-74/h1-27H. The van der Waals surface area contributed by atoms with Gasteiger partial charge in [-0.05, 0) is 119 Å². The van der Waals surface area contributed by atoms with Crippen molar-refractivity contribution in [2.45, 2.75) is 12.4 Å². The molecule has 0 spiro atoms. The van der Waals surface area contributed by atoms with E-state index in [4.69, 9.17) is 0 Å². The van der Waals surface area contributed by atoms with Gasteiger partial charge >= 0.3 is 12.4 Å². The van der Waals surface area contributed by atoms with E-state index in [1.54, 1.807) is 72.8 Å². The first-order chi connectivity index (χ1) is 37.6. The van der Waals surface area contributed by atoms with Crippen LogP contribution < -0.4 is 0 Å². The molecular weight excluding hydrogens is 997 g/mol.